The summed E-state index contributed by atoms with van der Waals surface area (Å²) in [6.45, 7) is 3.86. The van der Waals surface area contributed by atoms with Gasteiger partial charge in [0.25, 0.3) is 5.91 Å². The number of carbonyl (C=O) groups is 1. The van der Waals surface area contributed by atoms with Crippen molar-refractivity contribution in [2.24, 2.45) is 0 Å². The van der Waals surface area contributed by atoms with Crippen LogP contribution in [0.1, 0.15) is 36.2 Å². The Labute approximate surface area is 99.6 Å². The van der Waals surface area contributed by atoms with Crippen molar-refractivity contribution >= 4 is 5.91 Å². The van der Waals surface area contributed by atoms with E-state index in [9.17, 15) is 4.79 Å². The molecule has 1 N–H and O–H groups in total. The Kier molecular flexibility index (Phi) is 4.24. The number of carbonyl (C=O) groups excluding carboxylic acids is 1. The van der Waals surface area contributed by atoms with Crippen LogP contribution in [0, 0.1) is 23.7 Å². The molecule has 17 heavy (non-hydrogen) atoms. The summed E-state index contributed by atoms with van der Waals surface area (Å²) in [6.07, 6.45) is 5.13. The van der Waals surface area contributed by atoms with Gasteiger partial charge in [-0.2, -0.15) is 5.26 Å². The van der Waals surface area contributed by atoms with Crippen LogP contribution in [0.25, 0.3) is 0 Å². The molecule has 1 aromatic rings. The van der Waals surface area contributed by atoms with E-state index in [0.29, 0.717) is 5.82 Å². The summed E-state index contributed by atoms with van der Waals surface area (Å²) in [7, 11) is 0. The SMILES string of the molecule is C#CCN(CC#N)C(=O)c1n[nH]c(C(C)C)n1. The second-order valence-corrected chi connectivity index (χ2v) is 3.72. The van der Waals surface area contributed by atoms with Crippen molar-refractivity contribution in [2.45, 2.75) is 19.8 Å². The fourth-order valence-corrected chi connectivity index (χ4v) is 1.16. The third-order valence-electron chi connectivity index (χ3n) is 2.07. The molecule has 88 valence electrons. The molecular formula is C11H13N5O. The van der Waals surface area contributed by atoms with Gasteiger partial charge in [-0.1, -0.05) is 19.8 Å². The predicted molar refractivity (Wildman–Crippen MR) is 60.8 cm³/mol. The highest BCUT2D eigenvalue weighted by Gasteiger charge is 2.19. The van der Waals surface area contributed by atoms with E-state index in [0.717, 1.165) is 0 Å². The van der Waals surface area contributed by atoms with Gasteiger partial charge in [0, 0.05) is 5.92 Å². The lowest BCUT2D eigenvalue weighted by molar-refractivity contribution is 0.0784. The van der Waals surface area contributed by atoms with Gasteiger partial charge in [-0.3, -0.25) is 9.89 Å². The number of amides is 1. The molecule has 1 heterocycles. The zero-order chi connectivity index (χ0) is 12.8. The first kappa shape index (κ1) is 12.7. The summed E-state index contributed by atoms with van der Waals surface area (Å²) in [4.78, 5) is 17.2. The van der Waals surface area contributed by atoms with Gasteiger partial charge in [-0.05, 0) is 0 Å². The van der Waals surface area contributed by atoms with Crippen molar-refractivity contribution in [1.29, 1.82) is 5.26 Å². The number of aromatic amines is 1. The Balaban J connectivity index is 2.86. The Morgan fingerprint density at radius 1 is 1.59 bits per heavy atom. The monoisotopic (exact) mass is 231 g/mol. The van der Waals surface area contributed by atoms with E-state index >= 15 is 0 Å². The molecule has 1 amide bonds. The third kappa shape index (κ3) is 3.05. The molecule has 0 radical (unpaired) electrons. The van der Waals surface area contributed by atoms with E-state index in [2.05, 4.69) is 21.1 Å². The maximum atomic E-state index is 11.9. The summed E-state index contributed by atoms with van der Waals surface area (Å²) in [5, 5.41) is 15.1. The van der Waals surface area contributed by atoms with E-state index < -0.39 is 5.91 Å². The minimum atomic E-state index is -0.437. The van der Waals surface area contributed by atoms with Gasteiger partial charge in [-0.15, -0.1) is 11.5 Å². The molecule has 1 rings (SSSR count). The molecule has 0 aliphatic rings. The number of nitrogens with zero attached hydrogens (tertiary/aromatic N) is 4. The molecule has 0 atom stereocenters. The van der Waals surface area contributed by atoms with Crippen LogP contribution in [0.3, 0.4) is 0 Å². The minimum absolute atomic E-state index is 0.0409. The van der Waals surface area contributed by atoms with Crippen LogP contribution < -0.4 is 0 Å². The van der Waals surface area contributed by atoms with E-state index in [1.165, 1.54) is 4.90 Å². The first-order valence-corrected chi connectivity index (χ1v) is 5.12. The van der Waals surface area contributed by atoms with Gasteiger partial charge in [0.2, 0.25) is 5.82 Å². The van der Waals surface area contributed by atoms with Crippen molar-refractivity contribution in [3.05, 3.63) is 11.6 Å². The molecule has 6 heteroatoms. The van der Waals surface area contributed by atoms with E-state index in [1.807, 2.05) is 19.9 Å². The largest absolute Gasteiger partial charge is 0.311 e. The van der Waals surface area contributed by atoms with Crippen LogP contribution >= 0.6 is 0 Å². The Morgan fingerprint density at radius 3 is 2.76 bits per heavy atom. The highest BCUT2D eigenvalue weighted by atomic mass is 16.2. The predicted octanol–water partition coefficient (Wildman–Crippen LogP) is 0.527. The standard InChI is InChI=1S/C11H13N5O/c1-4-6-16(7-5-12)11(17)10-13-9(8(2)3)14-15-10/h1,8H,6-7H2,2-3H3,(H,13,14,15). The molecule has 1 aromatic heterocycles. The normalized spacial score (nSPS) is 9.71. The van der Waals surface area contributed by atoms with E-state index in [4.69, 9.17) is 11.7 Å². The van der Waals surface area contributed by atoms with Crippen molar-refractivity contribution in [3.63, 3.8) is 0 Å². The number of hydrogen-bond acceptors (Lipinski definition) is 4. The van der Waals surface area contributed by atoms with Crippen LogP contribution in [-0.2, 0) is 0 Å². The average molecular weight is 231 g/mol. The number of nitrogens with one attached hydrogen (secondary N) is 1. The molecule has 0 spiro atoms. The van der Waals surface area contributed by atoms with Crippen LogP contribution in [0.15, 0.2) is 0 Å². The number of aromatic nitrogens is 3. The second kappa shape index (κ2) is 5.66. The number of H-pyrrole nitrogens is 1. The summed E-state index contributed by atoms with van der Waals surface area (Å²) in [5.41, 5.74) is 0. The average Bonchev–Trinajstić information content (AvgIpc) is 2.77. The lowest BCUT2D eigenvalue weighted by Crippen LogP contribution is -2.32. The highest BCUT2D eigenvalue weighted by molar-refractivity contribution is 5.90. The first-order valence-electron chi connectivity index (χ1n) is 5.12. The molecule has 0 saturated carbocycles. The lowest BCUT2D eigenvalue weighted by atomic mass is 10.2. The van der Waals surface area contributed by atoms with Crippen LogP contribution in [-0.4, -0.2) is 39.1 Å². The molecule has 0 unspecified atom stereocenters. The Bertz CT molecular complexity index is 461. The maximum absolute atomic E-state index is 11.9. The number of nitriles is 1. The lowest BCUT2D eigenvalue weighted by Gasteiger charge is -2.13. The first-order chi connectivity index (χ1) is 8.10. The summed E-state index contributed by atoms with van der Waals surface area (Å²) < 4.78 is 0. The molecule has 0 aliphatic heterocycles. The van der Waals surface area contributed by atoms with Crippen LogP contribution in [0.5, 0.6) is 0 Å². The molecule has 0 fully saturated rings. The van der Waals surface area contributed by atoms with Crippen molar-refractivity contribution in [2.75, 3.05) is 13.1 Å². The summed E-state index contributed by atoms with van der Waals surface area (Å²) >= 11 is 0. The van der Waals surface area contributed by atoms with Gasteiger partial charge < -0.3 is 4.90 Å². The highest BCUT2D eigenvalue weighted by Crippen LogP contribution is 2.08. The van der Waals surface area contributed by atoms with Gasteiger partial charge >= 0.3 is 0 Å². The smallest absolute Gasteiger partial charge is 0.295 e. The molecular weight excluding hydrogens is 218 g/mol. The van der Waals surface area contributed by atoms with Crippen molar-refractivity contribution in [3.8, 4) is 18.4 Å². The van der Waals surface area contributed by atoms with Crippen LogP contribution in [0.2, 0.25) is 0 Å². The summed E-state index contributed by atoms with van der Waals surface area (Å²) in [5.74, 6) is 2.71. The molecule has 0 aromatic carbocycles. The topological polar surface area (TPSA) is 85.7 Å². The van der Waals surface area contributed by atoms with Crippen molar-refractivity contribution < 1.29 is 4.79 Å². The maximum Gasteiger partial charge on any atom is 0.295 e. The number of hydrogen-bond donors (Lipinski definition) is 1. The van der Waals surface area contributed by atoms with Gasteiger partial charge in [0.1, 0.15) is 12.4 Å². The zero-order valence-electron chi connectivity index (χ0n) is 9.77. The molecule has 0 bridgehead atoms. The third-order valence-corrected chi connectivity index (χ3v) is 2.07. The van der Waals surface area contributed by atoms with Gasteiger partial charge in [0.05, 0.1) is 12.6 Å². The van der Waals surface area contributed by atoms with E-state index in [-0.39, 0.29) is 24.8 Å². The molecule has 6 nitrogen and oxygen atoms in total. The number of rotatable bonds is 4. The Hall–Kier alpha value is -2.34. The van der Waals surface area contributed by atoms with Crippen LogP contribution in [0.4, 0.5) is 0 Å². The summed E-state index contributed by atoms with van der Waals surface area (Å²) in [6, 6.07) is 1.88. The fourth-order valence-electron chi connectivity index (χ4n) is 1.16. The van der Waals surface area contributed by atoms with Crippen molar-refractivity contribution in [1.82, 2.24) is 20.1 Å². The van der Waals surface area contributed by atoms with Gasteiger partial charge in [0.15, 0.2) is 0 Å². The Morgan fingerprint density at radius 2 is 2.29 bits per heavy atom. The number of terminal acetylenes is 1. The molecule has 0 aliphatic carbocycles. The molecule has 0 saturated heterocycles. The quantitative estimate of drug-likeness (QED) is 0.605. The minimum Gasteiger partial charge on any atom is -0.311 e. The zero-order valence-corrected chi connectivity index (χ0v) is 9.77. The fraction of sp³-hybridized carbons (Fsp3) is 0.455. The second-order valence-electron chi connectivity index (χ2n) is 3.72. The van der Waals surface area contributed by atoms with Gasteiger partial charge in [-0.25, -0.2) is 4.98 Å². The van der Waals surface area contributed by atoms with E-state index in [1.54, 1.807) is 0 Å².